The molecular formula is C10H13N5O. The maximum atomic E-state index is 11.9. The minimum atomic E-state index is -0.287. The number of rotatable bonds is 1. The Morgan fingerprint density at radius 3 is 2.75 bits per heavy atom. The molecule has 84 valence electrons. The van der Waals surface area contributed by atoms with Gasteiger partial charge in [-0.2, -0.15) is 4.98 Å². The van der Waals surface area contributed by atoms with Crippen LogP contribution < -0.4 is 11.2 Å². The van der Waals surface area contributed by atoms with Crippen LogP contribution in [0.15, 0.2) is 17.2 Å². The maximum Gasteiger partial charge on any atom is 0.282 e. The summed E-state index contributed by atoms with van der Waals surface area (Å²) in [6.45, 7) is 3.98. The summed E-state index contributed by atoms with van der Waals surface area (Å²) < 4.78 is 3.02. The lowest BCUT2D eigenvalue weighted by Crippen LogP contribution is -2.36. The second-order valence-corrected chi connectivity index (χ2v) is 3.90. The summed E-state index contributed by atoms with van der Waals surface area (Å²) in [7, 11) is 1.52. The van der Waals surface area contributed by atoms with Crippen molar-refractivity contribution >= 4 is 0 Å². The van der Waals surface area contributed by atoms with E-state index in [2.05, 4.69) is 9.97 Å². The summed E-state index contributed by atoms with van der Waals surface area (Å²) in [6, 6.07) is 0.171. The smallest absolute Gasteiger partial charge is 0.282 e. The predicted octanol–water partition coefficient (Wildman–Crippen LogP) is 0.142. The molecule has 2 rings (SSSR count). The summed E-state index contributed by atoms with van der Waals surface area (Å²) in [5, 5.41) is 7.59. The van der Waals surface area contributed by atoms with E-state index in [9.17, 15) is 4.79 Å². The van der Waals surface area contributed by atoms with E-state index < -0.39 is 0 Å². The number of hydrogen-bond donors (Lipinski definition) is 1. The quantitative estimate of drug-likeness (QED) is 0.741. The third-order valence-corrected chi connectivity index (χ3v) is 2.48. The molecule has 0 aromatic heterocycles. The van der Waals surface area contributed by atoms with Crippen LogP contribution in [0.4, 0.5) is 0 Å². The fourth-order valence-electron chi connectivity index (χ4n) is 1.54. The second kappa shape index (κ2) is 3.55. The van der Waals surface area contributed by atoms with Crippen LogP contribution in [0.5, 0.6) is 0 Å². The fourth-order valence-corrected chi connectivity index (χ4v) is 1.54. The van der Waals surface area contributed by atoms with E-state index in [0.29, 0.717) is 11.5 Å². The summed E-state index contributed by atoms with van der Waals surface area (Å²) in [6.07, 6.45) is 3.34. The summed E-state index contributed by atoms with van der Waals surface area (Å²) in [5.41, 5.74) is -0.0420. The second-order valence-electron chi connectivity index (χ2n) is 3.90. The van der Waals surface area contributed by atoms with Crippen molar-refractivity contribution in [3.63, 3.8) is 0 Å². The molecule has 0 unspecified atom stereocenters. The number of fused-ring (bicyclic) bond motifs is 1. The molecule has 2 heterocycles. The lowest BCUT2D eigenvalue weighted by molar-refractivity contribution is 0.578. The number of nitrogens with one attached hydrogen (secondary N) is 1. The van der Waals surface area contributed by atoms with Gasteiger partial charge in [0, 0.05) is 25.5 Å². The van der Waals surface area contributed by atoms with Gasteiger partial charge in [0.2, 0.25) is 5.62 Å². The van der Waals surface area contributed by atoms with Crippen molar-refractivity contribution in [1.82, 2.24) is 19.1 Å². The van der Waals surface area contributed by atoms with Crippen molar-refractivity contribution in [2.45, 2.75) is 19.9 Å². The molecule has 0 fully saturated rings. The van der Waals surface area contributed by atoms with E-state index in [1.807, 2.05) is 18.4 Å². The molecule has 6 nitrogen and oxygen atoms in total. The molecule has 0 saturated carbocycles. The van der Waals surface area contributed by atoms with E-state index in [0.717, 1.165) is 0 Å². The summed E-state index contributed by atoms with van der Waals surface area (Å²) in [5.74, 6) is 0.464. The molecule has 16 heavy (non-hydrogen) atoms. The Bertz CT molecular complexity index is 610. The first-order chi connectivity index (χ1) is 7.52. The van der Waals surface area contributed by atoms with Crippen molar-refractivity contribution in [2.24, 2.45) is 7.05 Å². The zero-order chi connectivity index (χ0) is 11.9. The average Bonchev–Trinajstić information content (AvgIpc) is 2.25. The van der Waals surface area contributed by atoms with Gasteiger partial charge in [0.05, 0.1) is 0 Å². The average molecular weight is 219 g/mol. The van der Waals surface area contributed by atoms with Crippen molar-refractivity contribution in [3.8, 4) is 11.5 Å². The topological polar surface area (TPSA) is 76.6 Å². The molecule has 0 amide bonds. The maximum absolute atomic E-state index is 11.9. The van der Waals surface area contributed by atoms with Crippen molar-refractivity contribution in [2.75, 3.05) is 0 Å². The molecule has 6 heteroatoms. The Kier molecular flexibility index (Phi) is 2.34. The van der Waals surface area contributed by atoms with Crippen LogP contribution in [0.3, 0.4) is 0 Å². The van der Waals surface area contributed by atoms with Gasteiger partial charge < -0.3 is 4.57 Å². The van der Waals surface area contributed by atoms with Gasteiger partial charge in [0.25, 0.3) is 5.56 Å². The minimum Gasteiger partial charge on any atom is -0.327 e. The van der Waals surface area contributed by atoms with Gasteiger partial charge >= 0.3 is 0 Å². The van der Waals surface area contributed by atoms with Crippen LogP contribution in [0, 0.1) is 5.41 Å². The van der Waals surface area contributed by atoms with Gasteiger partial charge in [0.15, 0.2) is 11.5 Å². The summed E-state index contributed by atoms with van der Waals surface area (Å²) >= 11 is 0. The van der Waals surface area contributed by atoms with E-state index in [1.165, 1.54) is 11.6 Å². The van der Waals surface area contributed by atoms with Gasteiger partial charge in [-0.05, 0) is 13.8 Å². The fraction of sp³-hybridized carbons (Fsp3) is 0.400. The van der Waals surface area contributed by atoms with E-state index in [1.54, 1.807) is 12.4 Å². The number of hydrogen-bond acceptors (Lipinski definition) is 4. The minimum absolute atomic E-state index is 0.0556. The Balaban J connectivity index is 2.93. The van der Waals surface area contributed by atoms with Crippen molar-refractivity contribution < 1.29 is 0 Å². The number of nitrogens with zero attached hydrogens (tertiary/aromatic N) is 4. The van der Waals surface area contributed by atoms with Gasteiger partial charge in [-0.15, -0.1) is 0 Å². The molecular weight excluding hydrogens is 206 g/mol. The normalized spacial score (nSPS) is 11.2. The SMILES string of the molecule is CC(C)n1ccnc2c(=O)n(C)c(=N)nc1-2. The first-order valence-electron chi connectivity index (χ1n) is 5.01. The highest BCUT2D eigenvalue weighted by atomic mass is 16.1. The van der Waals surface area contributed by atoms with E-state index in [-0.39, 0.29) is 17.2 Å². The first kappa shape index (κ1) is 10.5. The van der Waals surface area contributed by atoms with Crippen LogP contribution in [-0.2, 0) is 7.05 Å². The largest absolute Gasteiger partial charge is 0.327 e. The van der Waals surface area contributed by atoms with E-state index >= 15 is 0 Å². The number of aromatic nitrogens is 4. The Hall–Kier alpha value is -1.98. The van der Waals surface area contributed by atoms with Crippen molar-refractivity contribution in [3.05, 3.63) is 28.4 Å². The molecule has 0 aromatic rings. The van der Waals surface area contributed by atoms with Gasteiger partial charge in [0.1, 0.15) is 0 Å². The Labute approximate surface area is 92.1 Å². The van der Waals surface area contributed by atoms with Gasteiger partial charge in [-0.25, -0.2) is 4.98 Å². The third kappa shape index (κ3) is 1.42. The van der Waals surface area contributed by atoms with Crippen LogP contribution in [0.1, 0.15) is 19.9 Å². The molecule has 0 radical (unpaired) electrons. The molecule has 0 spiro atoms. The highest BCUT2D eigenvalue weighted by Gasteiger charge is 2.16. The standard InChI is InChI=1S/C10H13N5O/c1-6(2)15-5-4-12-7-8(15)13-10(11)14(3)9(7)16/h4-6,11H,1-3H3. The van der Waals surface area contributed by atoms with Gasteiger partial charge in [-0.3, -0.25) is 14.8 Å². The zero-order valence-electron chi connectivity index (χ0n) is 9.43. The van der Waals surface area contributed by atoms with Crippen molar-refractivity contribution in [1.29, 1.82) is 5.41 Å². The molecule has 2 aliphatic heterocycles. The predicted molar refractivity (Wildman–Crippen MR) is 58.1 cm³/mol. The first-order valence-corrected chi connectivity index (χ1v) is 5.01. The Morgan fingerprint density at radius 1 is 1.44 bits per heavy atom. The highest BCUT2D eigenvalue weighted by molar-refractivity contribution is 5.48. The Morgan fingerprint density at radius 2 is 2.12 bits per heavy atom. The lowest BCUT2D eigenvalue weighted by atomic mass is 10.3. The van der Waals surface area contributed by atoms with Crippen LogP contribution in [0.25, 0.3) is 11.5 Å². The van der Waals surface area contributed by atoms with E-state index in [4.69, 9.17) is 5.41 Å². The molecule has 0 bridgehead atoms. The third-order valence-electron chi connectivity index (χ3n) is 2.48. The molecule has 0 saturated heterocycles. The molecule has 0 atom stereocenters. The molecule has 0 aromatic carbocycles. The zero-order valence-corrected chi connectivity index (χ0v) is 9.43. The van der Waals surface area contributed by atoms with Crippen LogP contribution in [0.2, 0.25) is 0 Å². The monoisotopic (exact) mass is 219 g/mol. The molecule has 1 N–H and O–H groups in total. The molecule has 0 aliphatic carbocycles. The molecule has 2 aliphatic rings. The lowest BCUT2D eigenvalue weighted by Gasteiger charge is -2.16. The summed E-state index contributed by atoms with van der Waals surface area (Å²) in [4.78, 5) is 20.0. The highest BCUT2D eigenvalue weighted by Crippen LogP contribution is 2.14. The van der Waals surface area contributed by atoms with Gasteiger partial charge in [-0.1, -0.05) is 0 Å². The van der Waals surface area contributed by atoms with Crippen LogP contribution in [-0.4, -0.2) is 19.1 Å². The van der Waals surface area contributed by atoms with Crippen LogP contribution >= 0.6 is 0 Å².